The van der Waals surface area contributed by atoms with E-state index < -0.39 is 11.8 Å². The first kappa shape index (κ1) is 12.8. The zero-order valence-electron chi connectivity index (χ0n) is 10.1. The summed E-state index contributed by atoms with van der Waals surface area (Å²) < 4.78 is 18.2. The van der Waals surface area contributed by atoms with E-state index in [1.807, 2.05) is 0 Å². The molecule has 2 aromatic rings. The summed E-state index contributed by atoms with van der Waals surface area (Å²) in [5, 5.41) is 9.11. The number of carboxylic acid groups (broad SMARTS) is 1. The van der Waals surface area contributed by atoms with Gasteiger partial charge in [0.1, 0.15) is 5.82 Å². The van der Waals surface area contributed by atoms with E-state index in [9.17, 15) is 9.18 Å². The van der Waals surface area contributed by atoms with Gasteiger partial charge >= 0.3 is 5.97 Å². The van der Waals surface area contributed by atoms with Crippen LogP contribution in [0.25, 0.3) is 11.1 Å². The van der Waals surface area contributed by atoms with Gasteiger partial charge in [-0.2, -0.15) is 0 Å². The summed E-state index contributed by atoms with van der Waals surface area (Å²) in [5.41, 5.74) is 6.11. The Bertz CT molecular complexity index is 644. The second-order valence-corrected chi connectivity index (χ2v) is 3.79. The Labute approximate surface area is 108 Å². The molecule has 3 N–H and O–H groups in total. The highest BCUT2D eigenvalue weighted by Gasteiger charge is 2.15. The average molecular weight is 262 g/mol. The summed E-state index contributed by atoms with van der Waals surface area (Å²) >= 11 is 0. The molecule has 0 aliphatic heterocycles. The van der Waals surface area contributed by atoms with Gasteiger partial charge in [0, 0.05) is 5.56 Å². The monoisotopic (exact) mass is 262 g/mol. The van der Waals surface area contributed by atoms with Crippen molar-refractivity contribution in [2.75, 3.05) is 12.8 Å². The van der Waals surface area contributed by atoms with E-state index in [0.717, 1.165) is 0 Å². The third-order valence-corrected chi connectivity index (χ3v) is 2.58. The zero-order valence-corrected chi connectivity index (χ0v) is 10.1. The summed E-state index contributed by atoms with van der Waals surface area (Å²) in [6.07, 6.45) is 0. The van der Waals surface area contributed by atoms with Crippen LogP contribution in [-0.2, 0) is 0 Å². The van der Waals surface area contributed by atoms with Gasteiger partial charge in [-0.25, -0.2) is 14.2 Å². The highest BCUT2D eigenvalue weighted by atomic mass is 19.1. The van der Waals surface area contributed by atoms with Gasteiger partial charge in [-0.3, -0.25) is 0 Å². The summed E-state index contributed by atoms with van der Waals surface area (Å²) in [5.74, 6) is -1.59. The minimum atomic E-state index is -1.20. The number of carbonyl (C=O) groups is 1. The second kappa shape index (κ2) is 4.93. The molecule has 0 fully saturated rings. The van der Waals surface area contributed by atoms with Crippen molar-refractivity contribution in [1.29, 1.82) is 0 Å². The van der Waals surface area contributed by atoms with E-state index in [-0.39, 0.29) is 17.3 Å². The maximum atomic E-state index is 13.3. The third kappa shape index (κ3) is 2.47. The van der Waals surface area contributed by atoms with Gasteiger partial charge in [0.25, 0.3) is 0 Å². The molecule has 0 atom stereocenters. The van der Waals surface area contributed by atoms with Gasteiger partial charge in [0.2, 0.25) is 0 Å². The quantitative estimate of drug-likeness (QED) is 0.885. The van der Waals surface area contributed by atoms with Crippen molar-refractivity contribution in [2.45, 2.75) is 0 Å². The Hall–Kier alpha value is -2.63. The lowest BCUT2D eigenvalue weighted by molar-refractivity contribution is 0.0691. The molecule has 0 aliphatic carbocycles. The van der Waals surface area contributed by atoms with Crippen LogP contribution in [0.2, 0.25) is 0 Å². The number of carboxylic acids is 1. The normalized spacial score (nSPS) is 10.2. The summed E-state index contributed by atoms with van der Waals surface area (Å²) in [7, 11) is 1.33. The second-order valence-electron chi connectivity index (χ2n) is 3.79. The van der Waals surface area contributed by atoms with Crippen molar-refractivity contribution < 1.29 is 19.0 Å². The number of hydrogen-bond acceptors (Lipinski definition) is 4. The number of anilines is 1. The van der Waals surface area contributed by atoms with Gasteiger partial charge < -0.3 is 15.6 Å². The standard InChI is InChI=1S/C13H11FN2O3/c1-19-10-6-7(2-4-9(10)14)8-3-5-11(15)16-12(8)13(17)18/h2-6H,1H3,(H2,15,16)(H,17,18). The molecule has 0 aliphatic rings. The lowest BCUT2D eigenvalue weighted by Gasteiger charge is -2.08. The van der Waals surface area contributed by atoms with E-state index in [1.165, 1.54) is 37.4 Å². The molecule has 19 heavy (non-hydrogen) atoms. The van der Waals surface area contributed by atoms with Crippen LogP contribution < -0.4 is 10.5 Å². The summed E-state index contributed by atoms with van der Waals surface area (Å²) in [6.45, 7) is 0. The fourth-order valence-corrected chi connectivity index (χ4v) is 1.70. The molecule has 0 saturated heterocycles. The summed E-state index contributed by atoms with van der Waals surface area (Å²) in [4.78, 5) is 14.9. The molecule has 1 heterocycles. The number of hydrogen-bond donors (Lipinski definition) is 2. The zero-order chi connectivity index (χ0) is 14.0. The summed E-state index contributed by atoms with van der Waals surface area (Å²) in [6, 6.07) is 7.08. The smallest absolute Gasteiger partial charge is 0.355 e. The number of ether oxygens (including phenoxy) is 1. The minimum Gasteiger partial charge on any atom is -0.494 e. The topological polar surface area (TPSA) is 85.4 Å². The molecule has 5 nitrogen and oxygen atoms in total. The number of methoxy groups -OCH3 is 1. The van der Waals surface area contributed by atoms with Crippen molar-refractivity contribution in [3.05, 3.63) is 41.8 Å². The molecule has 2 rings (SSSR count). The number of benzene rings is 1. The van der Waals surface area contributed by atoms with Crippen molar-refractivity contribution >= 4 is 11.8 Å². The lowest BCUT2D eigenvalue weighted by atomic mass is 10.0. The van der Waals surface area contributed by atoms with Crippen LogP contribution in [0.5, 0.6) is 5.75 Å². The van der Waals surface area contributed by atoms with Gasteiger partial charge in [-0.15, -0.1) is 0 Å². The Morgan fingerprint density at radius 3 is 2.74 bits per heavy atom. The first-order chi connectivity index (χ1) is 9.02. The van der Waals surface area contributed by atoms with Crippen LogP contribution in [0.15, 0.2) is 30.3 Å². The number of aromatic nitrogens is 1. The maximum absolute atomic E-state index is 13.3. The van der Waals surface area contributed by atoms with Crippen LogP contribution in [0.4, 0.5) is 10.2 Å². The number of rotatable bonds is 3. The van der Waals surface area contributed by atoms with Crippen molar-refractivity contribution in [3.8, 4) is 16.9 Å². The van der Waals surface area contributed by atoms with E-state index >= 15 is 0 Å². The third-order valence-electron chi connectivity index (χ3n) is 2.58. The van der Waals surface area contributed by atoms with Crippen LogP contribution in [0.3, 0.4) is 0 Å². The van der Waals surface area contributed by atoms with E-state index in [0.29, 0.717) is 11.1 Å². The maximum Gasteiger partial charge on any atom is 0.355 e. The molecule has 0 spiro atoms. The Morgan fingerprint density at radius 1 is 1.37 bits per heavy atom. The molecule has 6 heteroatoms. The van der Waals surface area contributed by atoms with Crippen LogP contribution in [0.1, 0.15) is 10.5 Å². The van der Waals surface area contributed by atoms with E-state index in [2.05, 4.69) is 4.98 Å². The first-order valence-corrected chi connectivity index (χ1v) is 5.36. The average Bonchev–Trinajstić information content (AvgIpc) is 2.39. The Kier molecular flexibility index (Phi) is 3.33. The first-order valence-electron chi connectivity index (χ1n) is 5.36. The molecule has 0 radical (unpaired) electrons. The fourth-order valence-electron chi connectivity index (χ4n) is 1.70. The van der Waals surface area contributed by atoms with Gasteiger partial charge in [-0.1, -0.05) is 6.07 Å². The van der Waals surface area contributed by atoms with Gasteiger partial charge in [0.05, 0.1) is 7.11 Å². The van der Waals surface area contributed by atoms with Gasteiger partial charge in [-0.05, 0) is 29.8 Å². The number of halogens is 1. The Balaban J connectivity index is 2.61. The van der Waals surface area contributed by atoms with Crippen molar-refractivity contribution in [1.82, 2.24) is 4.98 Å². The Morgan fingerprint density at radius 2 is 2.11 bits per heavy atom. The highest BCUT2D eigenvalue weighted by molar-refractivity contribution is 5.94. The van der Waals surface area contributed by atoms with Crippen LogP contribution in [0, 0.1) is 5.82 Å². The van der Waals surface area contributed by atoms with E-state index in [1.54, 1.807) is 0 Å². The molecule has 0 bridgehead atoms. The molecule has 0 amide bonds. The predicted molar refractivity (Wildman–Crippen MR) is 67.6 cm³/mol. The van der Waals surface area contributed by atoms with Crippen LogP contribution >= 0.6 is 0 Å². The van der Waals surface area contributed by atoms with Crippen LogP contribution in [-0.4, -0.2) is 23.2 Å². The molecular formula is C13H11FN2O3. The molecule has 98 valence electrons. The van der Waals surface area contributed by atoms with Crippen molar-refractivity contribution in [3.63, 3.8) is 0 Å². The molecule has 1 aromatic carbocycles. The largest absolute Gasteiger partial charge is 0.494 e. The number of pyridine rings is 1. The predicted octanol–water partition coefficient (Wildman–Crippen LogP) is 2.18. The molecule has 1 aromatic heterocycles. The molecular weight excluding hydrogens is 251 g/mol. The number of nitrogen functional groups attached to an aromatic ring is 1. The molecule has 0 unspecified atom stereocenters. The number of nitrogens with zero attached hydrogens (tertiary/aromatic N) is 1. The SMILES string of the molecule is COc1cc(-c2ccc(N)nc2C(=O)O)ccc1F. The lowest BCUT2D eigenvalue weighted by Crippen LogP contribution is -2.05. The highest BCUT2D eigenvalue weighted by Crippen LogP contribution is 2.28. The number of aromatic carboxylic acids is 1. The van der Waals surface area contributed by atoms with E-state index in [4.69, 9.17) is 15.6 Å². The fraction of sp³-hybridized carbons (Fsp3) is 0.0769. The van der Waals surface area contributed by atoms with Gasteiger partial charge in [0.15, 0.2) is 17.3 Å². The number of nitrogens with two attached hydrogens (primary N) is 1. The van der Waals surface area contributed by atoms with Crippen molar-refractivity contribution in [2.24, 2.45) is 0 Å². The minimum absolute atomic E-state index is 0.0330. The molecule has 0 saturated carbocycles.